The van der Waals surface area contributed by atoms with Gasteiger partial charge in [-0.2, -0.15) is 0 Å². The van der Waals surface area contributed by atoms with E-state index in [0.29, 0.717) is 16.7 Å². The summed E-state index contributed by atoms with van der Waals surface area (Å²) >= 11 is 0. The topological polar surface area (TPSA) is 38.3 Å². The van der Waals surface area contributed by atoms with Gasteiger partial charge >= 0.3 is 5.97 Å². The summed E-state index contributed by atoms with van der Waals surface area (Å²) in [6.45, 7) is 12.3. The lowest BCUT2D eigenvalue weighted by molar-refractivity contribution is -0.143. The fourth-order valence-electron chi connectivity index (χ4n) is 2.96. The predicted octanol–water partition coefficient (Wildman–Crippen LogP) is 2.99. The maximum Gasteiger partial charge on any atom is 0.322 e. The third-order valence-electron chi connectivity index (χ3n) is 5.22. The zero-order chi connectivity index (χ0) is 14.0. The van der Waals surface area contributed by atoms with Crippen molar-refractivity contribution in [2.24, 2.45) is 16.7 Å². The van der Waals surface area contributed by atoms with Gasteiger partial charge in [-0.25, -0.2) is 0 Å². The van der Waals surface area contributed by atoms with E-state index in [-0.39, 0.29) is 12.0 Å². The molecule has 1 atom stereocenters. The molecular formula is C15H29NO2. The normalized spacial score (nSPS) is 22.6. The first-order valence-electron chi connectivity index (χ1n) is 7.10. The number of carbonyl (C=O) groups excluding carboxylic acids is 1. The maximum absolute atomic E-state index is 11.7. The predicted molar refractivity (Wildman–Crippen MR) is 74.4 cm³/mol. The number of esters is 1. The van der Waals surface area contributed by atoms with Gasteiger partial charge in [0.2, 0.25) is 0 Å². The van der Waals surface area contributed by atoms with Crippen molar-refractivity contribution < 1.29 is 9.53 Å². The summed E-state index contributed by atoms with van der Waals surface area (Å²) in [5.41, 5.74) is 0.733. The second-order valence-corrected chi connectivity index (χ2v) is 6.62. The first-order chi connectivity index (χ1) is 8.29. The van der Waals surface area contributed by atoms with Crippen molar-refractivity contribution >= 4 is 5.97 Å². The first kappa shape index (κ1) is 15.5. The average Bonchev–Trinajstić information content (AvgIpc) is 2.70. The summed E-state index contributed by atoms with van der Waals surface area (Å²) in [5.74, 6) is 0.512. The van der Waals surface area contributed by atoms with Gasteiger partial charge in [0.1, 0.15) is 6.04 Å². The number of ether oxygens (including phenoxy) is 1. The minimum absolute atomic E-state index is 0.125. The zero-order valence-electron chi connectivity index (χ0n) is 12.8. The third kappa shape index (κ3) is 2.87. The van der Waals surface area contributed by atoms with Gasteiger partial charge in [-0.1, -0.05) is 47.5 Å². The maximum atomic E-state index is 11.7. The minimum Gasteiger partial charge on any atom is -0.468 e. The zero-order valence-corrected chi connectivity index (χ0v) is 12.8. The van der Waals surface area contributed by atoms with E-state index in [1.165, 1.54) is 7.11 Å². The molecule has 1 saturated carbocycles. The van der Waals surface area contributed by atoms with Crippen LogP contribution in [0.25, 0.3) is 0 Å². The molecular weight excluding hydrogens is 226 g/mol. The highest BCUT2D eigenvalue weighted by molar-refractivity contribution is 5.75. The minimum atomic E-state index is -0.137. The molecule has 1 rings (SSSR count). The highest BCUT2D eigenvalue weighted by Gasteiger charge is 2.64. The third-order valence-corrected chi connectivity index (χ3v) is 5.22. The molecule has 0 heterocycles. The Morgan fingerprint density at radius 2 is 1.83 bits per heavy atom. The molecule has 3 heteroatoms. The molecule has 0 aliphatic heterocycles. The number of hydrogen-bond donors (Lipinski definition) is 1. The summed E-state index contributed by atoms with van der Waals surface area (Å²) < 4.78 is 4.86. The van der Waals surface area contributed by atoms with Crippen LogP contribution < -0.4 is 5.32 Å². The van der Waals surface area contributed by atoms with Crippen LogP contribution in [0.15, 0.2) is 0 Å². The Labute approximate surface area is 112 Å². The van der Waals surface area contributed by atoms with Gasteiger partial charge in [0, 0.05) is 0 Å². The number of carbonyl (C=O) groups is 1. The molecule has 3 nitrogen and oxygen atoms in total. The van der Waals surface area contributed by atoms with E-state index in [4.69, 9.17) is 4.74 Å². The van der Waals surface area contributed by atoms with Crippen LogP contribution in [0.5, 0.6) is 0 Å². The monoisotopic (exact) mass is 255 g/mol. The Morgan fingerprint density at radius 1 is 1.28 bits per heavy atom. The van der Waals surface area contributed by atoms with Crippen molar-refractivity contribution in [3.05, 3.63) is 0 Å². The number of unbranched alkanes of at least 4 members (excludes halogenated alkanes) is 1. The van der Waals surface area contributed by atoms with Crippen LogP contribution in [0, 0.1) is 16.7 Å². The average molecular weight is 255 g/mol. The molecule has 106 valence electrons. The van der Waals surface area contributed by atoms with Crippen molar-refractivity contribution in [1.29, 1.82) is 0 Å². The van der Waals surface area contributed by atoms with Crippen molar-refractivity contribution in [1.82, 2.24) is 5.32 Å². The van der Waals surface area contributed by atoms with Crippen LogP contribution in [0.3, 0.4) is 0 Å². The molecule has 0 aromatic carbocycles. The number of hydrogen-bond acceptors (Lipinski definition) is 3. The van der Waals surface area contributed by atoms with Gasteiger partial charge in [0.05, 0.1) is 7.11 Å². The van der Waals surface area contributed by atoms with Crippen LogP contribution in [0.4, 0.5) is 0 Å². The molecule has 1 aliphatic carbocycles. The number of nitrogens with one attached hydrogen (secondary N) is 1. The highest BCUT2D eigenvalue weighted by atomic mass is 16.5. The van der Waals surface area contributed by atoms with Gasteiger partial charge in [-0.3, -0.25) is 4.79 Å². The molecule has 0 spiro atoms. The van der Waals surface area contributed by atoms with Crippen molar-refractivity contribution in [2.75, 3.05) is 13.7 Å². The molecule has 1 unspecified atom stereocenters. The van der Waals surface area contributed by atoms with Crippen molar-refractivity contribution in [3.8, 4) is 0 Å². The second-order valence-electron chi connectivity index (χ2n) is 6.62. The van der Waals surface area contributed by atoms with Crippen LogP contribution in [-0.2, 0) is 9.53 Å². The molecule has 0 aromatic rings. The lowest BCUT2D eigenvalue weighted by Crippen LogP contribution is -2.39. The van der Waals surface area contributed by atoms with Crippen LogP contribution in [-0.4, -0.2) is 25.7 Å². The quantitative estimate of drug-likeness (QED) is 0.711. The Morgan fingerprint density at radius 3 is 2.22 bits per heavy atom. The highest BCUT2D eigenvalue weighted by Crippen LogP contribution is 2.67. The molecule has 1 fully saturated rings. The summed E-state index contributed by atoms with van der Waals surface area (Å²) in [4.78, 5) is 11.7. The standard InChI is InChI=1S/C15H29NO2/c1-7-8-9-11(13(17)18-6)16-10-12-14(2,3)15(12,4)5/h11-12,16H,7-10H2,1-6H3. The van der Waals surface area contributed by atoms with Gasteiger partial charge in [-0.05, 0) is 29.7 Å². The molecule has 0 radical (unpaired) electrons. The largest absolute Gasteiger partial charge is 0.468 e. The van der Waals surface area contributed by atoms with E-state index >= 15 is 0 Å². The molecule has 0 amide bonds. The van der Waals surface area contributed by atoms with Gasteiger partial charge < -0.3 is 10.1 Å². The van der Waals surface area contributed by atoms with E-state index in [9.17, 15) is 4.79 Å². The smallest absolute Gasteiger partial charge is 0.322 e. The number of rotatable bonds is 7. The molecule has 0 saturated heterocycles. The SMILES string of the molecule is CCCCC(NCC1C(C)(C)C1(C)C)C(=O)OC. The van der Waals surface area contributed by atoms with Crippen molar-refractivity contribution in [2.45, 2.75) is 59.9 Å². The van der Waals surface area contributed by atoms with Gasteiger partial charge in [0.15, 0.2) is 0 Å². The van der Waals surface area contributed by atoms with Crippen LogP contribution >= 0.6 is 0 Å². The van der Waals surface area contributed by atoms with Gasteiger partial charge in [0.25, 0.3) is 0 Å². The lowest BCUT2D eigenvalue weighted by atomic mass is 10.0. The first-order valence-corrected chi connectivity index (χ1v) is 7.10. The Kier molecular flexibility index (Phi) is 4.82. The molecule has 0 aromatic heterocycles. The van der Waals surface area contributed by atoms with Crippen molar-refractivity contribution in [3.63, 3.8) is 0 Å². The Balaban J connectivity index is 2.46. The van der Waals surface area contributed by atoms with E-state index in [2.05, 4.69) is 39.9 Å². The molecule has 1 aliphatic rings. The number of methoxy groups -OCH3 is 1. The van der Waals surface area contributed by atoms with Crippen LogP contribution in [0.2, 0.25) is 0 Å². The van der Waals surface area contributed by atoms with Gasteiger partial charge in [-0.15, -0.1) is 0 Å². The van der Waals surface area contributed by atoms with Crippen LogP contribution in [0.1, 0.15) is 53.9 Å². The summed E-state index contributed by atoms with van der Waals surface area (Å²) in [6, 6.07) is -0.137. The molecule has 1 N–H and O–H groups in total. The summed E-state index contributed by atoms with van der Waals surface area (Å²) in [7, 11) is 1.47. The lowest BCUT2D eigenvalue weighted by Gasteiger charge is -2.16. The Bertz CT molecular complexity index is 283. The summed E-state index contributed by atoms with van der Waals surface area (Å²) in [6.07, 6.45) is 3.04. The van der Waals surface area contributed by atoms with E-state index in [1.54, 1.807) is 0 Å². The van der Waals surface area contributed by atoms with E-state index in [0.717, 1.165) is 25.8 Å². The van der Waals surface area contributed by atoms with E-state index in [1.807, 2.05) is 0 Å². The molecule has 0 bridgehead atoms. The fourth-order valence-corrected chi connectivity index (χ4v) is 2.96. The second kappa shape index (κ2) is 5.60. The fraction of sp³-hybridized carbons (Fsp3) is 0.933. The molecule has 18 heavy (non-hydrogen) atoms. The van der Waals surface area contributed by atoms with E-state index < -0.39 is 0 Å². The Hall–Kier alpha value is -0.570. The summed E-state index contributed by atoms with van der Waals surface area (Å²) in [5, 5.41) is 3.40.